The molecule has 2 heterocycles. The Morgan fingerprint density at radius 2 is 0.890 bits per heavy atom. The third kappa shape index (κ3) is 13.1. The van der Waals surface area contributed by atoms with E-state index in [1.54, 1.807) is 27.9 Å². The van der Waals surface area contributed by atoms with Gasteiger partial charge in [0.2, 0.25) is 47.3 Å². The molecule has 400 valence electrons. The van der Waals surface area contributed by atoms with Crippen LogP contribution in [-0.2, 0) is 51.2 Å². The van der Waals surface area contributed by atoms with E-state index in [4.69, 9.17) is 0 Å². The van der Waals surface area contributed by atoms with Crippen molar-refractivity contribution in [1.82, 2.24) is 52.3 Å². The summed E-state index contributed by atoms with van der Waals surface area (Å²) >= 11 is 0. The molecule has 4 aliphatic rings. The lowest BCUT2D eigenvalue weighted by molar-refractivity contribution is -0.144. The Kier molecular flexibility index (Phi) is 17.9. The van der Waals surface area contributed by atoms with Crippen LogP contribution in [0.25, 0.3) is 0 Å². The molecule has 1 unspecified atom stereocenters. The van der Waals surface area contributed by atoms with Gasteiger partial charge in [-0.25, -0.2) is 0 Å². The van der Waals surface area contributed by atoms with Crippen LogP contribution in [0.5, 0.6) is 0 Å². The van der Waals surface area contributed by atoms with Gasteiger partial charge < -0.3 is 52.3 Å². The van der Waals surface area contributed by atoms with Gasteiger partial charge in [0.15, 0.2) is 0 Å². The molecule has 8 amide bonds. The summed E-state index contributed by atoms with van der Waals surface area (Å²) in [6, 6.07) is 8.60. The molecule has 2 saturated heterocycles. The minimum Gasteiger partial charge on any atom is -0.351 e. The predicted molar refractivity (Wildman–Crippen MR) is 278 cm³/mol. The molecular weight excluding hydrogens is 929 g/mol. The van der Waals surface area contributed by atoms with Crippen molar-refractivity contribution >= 4 is 47.3 Å². The number of hydrogen-bond donors (Lipinski definition) is 8. The normalized spacial score (nSPS) is 23.6. The van der Waals surface area contributed by atoms with Crippen LogP contribution in [0, 0.1) is 16.2 Å². The SMILES string of the molecule is CN[C@@H](C)C(=O)N[C@@H](C(=O)N1C[C@@H](NC(=O)C(C)(C)C(=O)N[C@H]2C[C@@H](C(=O)N[C@@H]3CCCc4ccccc43)N(C(=O)[C@H](NC(=O)[C@H](C)NC)C(C)(C)C)C2)CC1C(=O)N[C@@H]1CCCc2ccccc21)C(C)(C)C. The van der Waals surface area contributed by atoms with E-state index in [-0.39, 0.29) is 61.6 Å². The zero-order valence-electron chi connectivity index (χ0n) is 45.1. The number of carbonyl (C=O) groups excluding carboxylic acids is 8. The lowest BCUT2D eigenvalue weighted by atomic mass is 9.85. The van der Waals surface area contributed by atoms with E-state index in [1.165, 1.54) is 23.6 Å². The molecule has 2 aliphatic carbocycles. The van der Waals surface area contributed by atoms with Gasteiger partial charge >= 0.3 is 0 Å². The van der Waals surface area contributed by atoms with Crippen LogP contribution in [0.3, 0.4) is 0 Å². The van der Waals surface area contributed by atoms with Crippen molar-refractivity contribution in [1.29, 1.82) is 0 Å². The van der Waals surface area contributed by atoms with Gasteiger partial charge in [-0.1, -0.05) is 90.1 Å². The smallest absolute Gasteiger partial charge is 0.246 e. The number of carbonyl (C=O) groups is 8. The highest BCUT2D eigenvalue weighted by Gasteiger charge is 2.50. The fourth-order valence-corrected chi connectivity index (χ4v) is 10.5. The molecule has 0 saturated carbocycles. The highest BCUT2D eigenvalue weighted by molar-refractivity contribution is 6.05. The first-order valence-corrected chi connectivity index (χ1v) is 26.2. The maximum Gasteiger partial charge on any atom is 0.246 e. The van der Waals surface area contributed by atoms with Crippen molar-refractivity contribution < 1.29 is 38.4 Å². The maximum atomic E-state index is 14.7. The molecule has 18 nitrogen and oxygen atoms in total. The predicted octanol–water partition coefficient (Wildman–Crippen LogP) is 2.85. The molecule has 8 N–H and O–H groups in total. The van der Waals surface area contributed by atoms with E-state index in [2.05, 4.69) is 54.7 Å². The monoisotopic (exact) mass is 1010 g/mol. The topological polar surface area (TPSA) is 239 Å². The minimum atomic E-state index is -1.71. The molecule has 2 aromatic rings. The average molecular weight is 1010 g/mol. The highest BCUT2D eigenvalue weighted by Crippen LogP contribution is 2.34. The fraction of sp³-hybridized carbons (Fsp3) is 0.636. The third-order valence-corrected chi connectivity index (χ3v) is 15.4. The summed E-state index contributed by atoms with van der Waals surface area (Å²) in [5.41, 5.74) is 1.10. The number of aryl methyl sites for hydroxylation is 2. The van der Waals surface area contributed by atoms with Gasteiger partial charge in [0.1, 0.15) is 29.6 Å². The van der Waals surface area contributed by atoms with E-state index < -0.39 is 88.2 Å². The van der Waals surface area contributed by atoms with Crippen LogP contribution in [0.4, 0.5) is 0 Å². The second-order valence-corrected chi connectivity index (χ2v) is 23.4. The summed E-state index contributed by atoms with van der Waals surface area (Å²) in [5.74, 6) is -3.80. The molecule has 0 aromatic heterocycles. The van der Waals surface area contributed by atoms with Crippen LogP contribution in [0.2, 0.25) is 0 Å². The number of amides is 8. The zero-order chi connectivity index (χ0) is 53.7. The van der Waals surface area contributed by atoms with Gasteiger partial charge in [0.05, 0.1) is 24.2 Å². The molecule has 73 heavy (non-hydrogen) atoms. The molecular formula is C55H82N10O8. The fourth-order valence-electron chi connectivity index (χ4n) is 10.5. The van der Waals surface area contributed by atoms with Crippen LogP contribution in [-0.4, -0.2) is 133 Å². The van der Waals surface area contributed by atoms with Gasteiger partial charge in [0, 0.05) is 25.2 Å². The number of fused-ring (bicyclic) bond motifs is 2. The van der Waals surface area contributed by atoms with Crippen molar-refractivity contribution in [3.8, 4) is 0 Å². The number of hydrogen-bond acceptors (Lipinski definition) is 10. The van der Waals surface area contributed by atoms with Crippen molar-refractivity contribution in [2.24, 2.45) is 16.2 Å². The second kappa shape index (κ2) is 23.1. The first-order valence-electron chi connectivity index (χ1n) is 26.2. The summed E-state index contributed by atoms with van der Waals surface area (Å²) in [6.07, 6.45) is 5.06. The molecule has 2 aromatic carbocycles. The number of likely N-dealkylation sites (tertiary alicyclic amines) is 2. The lowest BCUT2D eigenvalue weighted by Gasteiger charge is -2.36. The first-order chi connectivity index (χ1) is 34.3. The van der Waals surface area contributed by atoms with E-state index in [0.717, 1.165) is 47.9 Å². The molecule has 0 spiro atoms. The van der Waals surface area contributed by atoms with E-state index in [0.29, 0.717) is 12.8 Å². The Bertz CT molecular complexity index is 2230. The maximum absolute atomic E-state index is 14.7. The summed E-state index contributed by atoms with van der Waals surface area (Å²) in [6.45, 7) is 17.2. The largest absolute Gasteiger partial charge is 0.351 e. The summed E-state index contributed by atoms with van der Waals surface area (Å²) in [5, 5.41) is 24.0. The van der Waals surface area contributed by atoms with Crippen LogP contribution >= 0.6 is 0 Å². The second-order valence-electron chi connectivity index (χ2n) is 23.4. The van der Waals surface area contributed by atoms with Gasteiger partial charge in [-0.2, -0.15) is 0 Å². The van der Waals surface area contributed by atoms with Crippen molar-refractivity contribution in [2.75, 3.05) is 27.2 Å². The zero-order valence-corrected chi connectivity index (χ0v) is 45.1. The number of rotatable bonds is 16. The number of benzene rings is 2. The Morgan fingerprint density at radius 1 is 0.534 bits per heavy atom. The van der Waals surface area contributed by atoms with E-state index in [1.807, 2.05) is 77.9 Å². The molecule has 10 atom stereocenters. The average Bonchev–Trinajstić information content (AvgIpc) is 3.98. The van der Waals surface area contributed by atoms with Crippen molar-refractivity contribution in [3.05, 3.63) is 70.8 Å². The minimum absolute atomic E-state index is 0.0492. The molecule has 0 bridgehead atoms. The Morgan fingerprint density at radius 3 is 1.23 bits per heavy atom. The van der Waals surface area contributed by atoms with Gasteiger partial charge in [-0.15, -0.1) is 0 Å². The van der Waals surface area contributed by atoms with Gasteiger partial charge in [-0.3, -0.25) is 38.4 Å². The molecule has 6 rings (SSSR count). The number of likely N-dealkylation sites (N-methyl/N-ethyl adjacent to an activating group) is 2. The molecule has 0 radical (unpaired) electrons. The lowest BCUT2D eigenvalue weighted by Crippen LogP contribution is -2.60. The first kappa shape index (κ1) is 56.4. The Hall–Kier alpha value is -5.88. The molecule has 18 heteroatoms. The third-order valence-electron chi connectivity index (χ3n) is 15.4. The van der Waals surface area contributed by atoms with Gasteiger partial charge in [-0.05, 0) is 126 Å². The highest BCUT2D eigenvalue weighted by atomic mass is 16.2. The summed E-state index contributed by atoms with van der Waals surface area (Å²) in [7, 11) is 3.29. The van der Waals surface area contributed by atoms with Crippen molar-refractivity contribution in [2.45, 2.75) is 181 Å². The van der Waals surface area contributed by atoms with Crippen LogP contribution in [0.15, 0.2) is 48.5 Å². The van der Waals surface area contributed by atoms with Crippen LogP contribution in [0.1, 0.15) is 142 Å². The Balaban J connectivity index is 1.22. The summed E-state index contributed by atoms with van der Waals surface area (Å²) in [4.78, 5) is 117. The van der Waals surface area contributed by atoms with E-state index >= 15 is 0 Å². The number of nitrogens with zero attached hydrogens (tertiary/aromatic N) is 2. The summed E-state index contributed by atoms with van der Waals surface area (Å²) < 4.78 is 0. The number of nitrogens with one attached hydrogen (secondary N) is 8. The van der Waals surface area contributed by atoms with Gasteiger partial charge in [0.25, 0.3) is 0 Å². The van der Waals surface area contributed by atoms with E-state index in [9.17, 15) is 38.4 Å². The van der Waals surface area contributed by atoms with Crippen molar-refractivity contribution in [3.63, 3.8) is 0 Å². The molecule has 2 aliphatic heterocycles. The van der Waals surface area contributed by atoms with Crippen LogP contribution < -0.4 is 42.5 Å². The molecule has 2 fully saturated rings. The standard InChI is InChI=1S/C55H82N10O8/c1-31(56-11)45(66)62-43(53(3,4)5)49(70)64-29-35(27-41(64)47(68)60-39-25-17-21-33-19-13-15-23-37(33)39)58-51(72)55(9,10)52(73)59-36-28-42(48(69)61-40-26-18-22-34-20-14-16-24-38(34)40)65(30-36)50(71)44(54(6,7)8)63-46(67)32(2)57-12/h13-16,19-20,23-24,31-32,35-36,39-44,56-57H,17-18,21-22,25-30H2,1-12H3,(H,58,72)(H,59,73)(H,60,68)(H,61,69)(H,62,66)(H,63,67)/t31-,32-,35-,36-,39+,40+,41-,42?,43-,44-/m0/s1. The quantitative estimate of drug-likeness (QED) is 0.115. The Labute approximate surface area is 431 Å².